The topological polar surface area (TPSA) is 151 Å². The molecule has 0 radical (unpaired) electrons. The fourth-order valence-corrected chi connectivity index (χ4v) is 5.94. The van der Waals surface area contributed by atoms with Crippen LogP contribution in [0.25, 0.3) is 0 Å². The van der Waals surface area contributed by atoms with E-state index in [0.717, 1.165) is 25.7 Å². The van der Waals surface area contributed by atoms with Gasteiger partial charge in [-0.1, -0.05) is 181 Å². The first-order valence-corrected chi connectivity index (χ1v) is 22.1. The predicted octanol–water partition coefficient (Wildman–Crippen LogP) is 9.54. The van der Waals surface area contributed by atoms with Crippen molar-refractivity contribution in [3.63, 3.8) is 0 Å². The summed E-state index contributed by atoms with van der Waals surface area (Å²) in [6.45, 7) is 5.64. The van der Waals surface area contributed by atoms with Crippen LogP contribution in [-0.2, 0) is 38.6 Å². The smallest absolute Gasteiger partial charge is 0.726 e. The van der Waals surface area contributed by atoms with Crippen molar-refractivity contribution in [2.24, 2.45) is 0 Å². The van der Waals surface area contributed by atoms with E-state index in [9.17, 15) is 25.9 Å². The van der Waals surface area contributed by atoms with E-state index in [1.807, 2.05) is 0 Å². The van der Waals surface area contributed by atoms with E-state index in [1.54, 1.807) is 0 Å². The first-order chi connectivity index (χ1) is 23.1. The van der Waals surface area contributed by atoms with Gasteiger partial charge in [-0.25, -0.2) is 16.8 Å². The normalized spacial score (nSPS) is 11.7. The van der Waals surface area contributed by atoms with Crippen molar-refractivity contribution in [1.82, 2.24) is 0 Å². The minimum atomic E-state index is -4.58. The van der Waals surface area contributed by atoms with Gasteiger partial charge in [0.05, 0.1) is 26.4 Å². The van der Waals surface area contributed by atoms with Gasteiger partial charge in [0.1, 0.15) is 0 Å². The number of hydrogen-bond donors (Lipinski definition) is 0. The van der Waals surface area contributed by atoms with Crippen LogP contribution in [0.4, 0.5) is 0 Å². The van der Waals surface area contributed by atoms with Crippen molar-refractivity contribution in [2.45, 2.75) is 194 Å². The molecule has 0 spiro atoms. The summed E-state index contributed by atoms with van der Waals surface area (Å²) in [7, 11) is -9.15. The number of rotatable bonds is 38. The molecule has 0 aromatic rings. The fraction of sp³-hybridized carbons (Fsp3) is 1.00. The molecule has 0 aromatic heterocycles. The third kappa shape index (κ3) is 58.5. The van der Waals surface area contributed by atoms with Gasteiger partial charge in [0.2, 0.25) is 20.8 Å². The van der Waals surface area contributed by atoms with Gasteiger partial charge < -0.3 is 18.6 Å². The van der Waals surface area contributed by atoms with E-state index in [-0.39, 0.29) is 64.2 Å². The third-order valence-corrected chi connectivity index (χ3v) is 9.11. The SMILES string of the molecule is CCCCCCCCCCCCCCCCOCCOS(=O)(=O)[O-].CCCCCCCCCCCCCCCCOCCOS(=O)(=O)[O-].[Ca+2]. The Morgan fingerprint density at radius 3 is 0.735 bits per heavy atom. The van der Waals surface area contributed by atoms with Gasteiger partial charge >= 0.3 is 37.7 Å². The summed E-state index contributed by atoms with van der Waals surface area (Å²) in [5.41, 5.74) is 0. The Balaban J connectivity index is -0.000000846. The van der Waals surface area contributed by atoms with Crippen molar-refractivity contribution in [3.8, 4) is 0 Å². The van der Waals surface area contributed by atoms with Crippen LogP contribution in [-0.4, -0.2) is 103 Å². The zero-order chi connectivity index (χ0) is 35.9. The van der Waals surface area contributed by atoms with Crippen LogP contribution >= 0.6 is 0 Å². The summed E-state index contributed by atoms with van der Waals surface area (Å²) in [6, 6.07) is 0. The Labute approximate surface area is 333 Å². The Morgan fingerprint density at radius 2 is 0.531 bits per heavy atom. The molecule has 0 aliphatic heterocycles. The molecule has 0 aliphatic carbocycles. The Morgan fingerprint density at radius 1 is 0.327 bits per heavy atom. The zero-order valence-corrected chi connectivity index (χ0v) is 35.5. The van der Waals surface area contributed by atoms with Crippen molar-refractivity contribution >= 4 is 58.5 Å². The molecule has 13 heteroatoms. The number of ether oxygens (including phenoxy) is 2. The largest absolute Gasteiger partial charge is 2.00 e. The second-order valence-electron chi connectivity index (χ2n) is 12.9. The molecule has 0 heterocycles. The van der Waals surface area contributed by atoms with Crippen LogP contribution in [0, 0.1) is 0 Å². The molecule has 292 valence electrons. The molecule has 0 bridgehead atoms. The molecule has 0 fully saturated rings. The van der Waals surface area contributed by atoms with Gasteiger partial charge in [0, 0.05) is 13.2 Å². The predicted molar refractivity (Wildman–Crippen MR) is 199 cm³/mol. The van der Waals surface area contributed by atoms with Crippen LogP contribution < -0.4 is 0 Å². The van der Waals surface area contributed by atoms with Crippen molar-refractivity contribution in [1.29, 1.82) is 0 Å². The minimum Gasteiger partial charge on any atom is -0.726 e. The summed E-state index contributed by atoms with van der Waals surface area (Å²) in [5, 5.41) is 0. The summed E-state index contributed by atoms with van der Waals surface area (Å²) in [5.74, 6) is 0. The third-order valence-electron chi connectivity index (χ3n) is 8.20. The summed E-state index contributed by atoms with van der Waals surface area (Å²) < 4.78 is 79.5. The first kappa shape index (κ1) is 54.3. The zero-order valence-electron chi connectivity index (χ0n) is 31.6. The van der Waals surface area contributed by atoms with E-state index in [0.29, 0.717) is 13.2 Å². The molecule has 0 N–H and O–H groups in total. The van der Waals surface area contributed by atoms with E-state index in [2.05, 4.69) is 22.2 Å². The molecule has 0 unspecified atom stereocenters. The van der Waals surface area contributed by atoms with E-state index >= 15 is 0 Å². The summed E-state index contributed by atoms with van der Waals surface area (Å²) in [4.78, 5) is 0. The van der Waals surface area contributed by atoms with Crippen LogP contribution in [0.3, 0.4) is 0 Å². The van der Waals surface area contributed by atoms with E-state index < -0.39 is 20.8 Å². The maximum Gasteiger partial charge on any atom is 2.00 e. The van der Waals surface area contributed by atoms with E-state index in [1.165, 1.54) is 154 Å². The molecule has 49 heavy (non-hydrogen) atoms. The minimum absolute atomic E-state index is 0. The van der Waals surface area contributed by atoms with Gasteiger partial charge in [0.25, 0.3) is 0 Å². The Bertz CT molecular complexity index is 762. The van der Waals surface area contributed by atoms with Crippen molar-refractivity contribution in [2.75, 3.05) is 39.6 Å². The maximum absolute atomic E-state index is 10.2. The Hall–Kier alpha value is 0.920. The Kier molecular flexibility index (Phi) is 48.0. The number of hydrogen-bond acceptors (Lipinski definition) is 10. The second kappa shape index (κ2) is 43.3. The monoisotopic (exact) mass is 770 g/mol. The molecular formula is C36H74CaO10S2. The molecule has 0 amide bonds. The summed E-state index contributed by atoms with van der Waals surface area (Å²) >= 11 is 0. The molecule has 0 saturated heterocycles. The molecule has 0 rings (SSSR count). The summed E-state index contributed by atoms with van der Waals surface area (Å²) in [6.07, 6.45) is 36.8. The van der Waals surface area contributed by atoms with Crippen molar-refractivity contribution < 1.29 is 43.8 Å². The molecule has 0 aromatic carbocycles. The van der Waals surface area contributed by atoms with Gasteiger partial charge in [-0.15, -0.1) is 0 Å². The van der Waals surface area contributed by atoms with Crippen LogP contribution in [0.5, 0.6) is 0 Å². The van der Waals surface area contributed by atoms with Crippen molar-refractivity contribution in [3.05, 3.63) is 0 Å². The molecule has 0 atom stereocenters. The van der Waals surface area contributed by atoms with Crippen LogP contribution in [0.2, 0.25) is 0 Å². The van der Waals surface area contributed by atoms with Gasteiger partial charge in [-0.05, 0) is 12.8 Å². The average Bonchev–Trinajstić information content (AvgIpc) is 3.03. The molecule has 10 nitrogen and oxygen atoms in total. The van der Waals surface area contributed by atoms with Crippen LogP contribution in [0.1, 0.15) is 194 Å². The van der Waals surface area contributed by atoms with Gasteiger partial charge in [-0.2, -0.15) is 0 Å². The van der Waals surface area contributed by atoms with Gasteiger partial charge in [-0.3, -0.25) is 8.37 Å². The quantitative estimate of drug-likeness (QED) is 0.0257. The first-order valence-electron chi connectivity index (χ1n) is 19.5. The molecule has 0 aliphatic rings. The van der Waals surface area contributed by atoms with Gasteiger partial charge in [0.15, 0.2) is 0 Å². The van der Waals surface area contributed by atoms with E-state index in [4.69, 9.17) is 9.47 Å². The van der Waals surface area contributed by atoms with Crippen LogP contribution in [0.15, 0.2) is 0 Å². The molecular weight excluding hydrogens is 697 g/mol. The number of unbranched alkanes of at least 4 members (excludes halogenated alkanes) is 26. The maximum atomic E-state index is 10.2. The standard InChI is InChI=1S/2C18H38O5S.Ca/c2*1-2-3-4-5-6-7-8-9-10-11-12-13-14-15-16-22-17-18-23-24(19,20)21;/h2*2-18H2,1H3,(H,19,20,21);/q;;+2/p-2. The average molecular weight is 771 g/mol. The molecule has 0 saturated carbocycles. The fourth-order valence-electron chi connectivity index (χ4n) is 5.39. The second-order valence-corrected chi connectivity index (χ2v) is 15.0.